The molecule has 0 unspecified atom stereocenters. The van der Waals surface area contributed by atoms with Crippen molar-refractivity contribution in [1.82, 2.24) is 9.97 Å². The number of H-pyrrole nitrogens is 1. The molecule has 0 bridgehead atoms. The fourth-order valence-electron chi connectivity index (χ4n) is 3.14. The van der Waals surface area contributed by atoms with Crippen LogP contribution in [0.2, 0.25) is 5.02 Å². The molecule has 34 heavy (non-hydrogen) atoms. The molecule has 3 aromatic carbocycles. The van der Waals surface area contributed by atoms with Gasteiger partial charge in [-0.05, 0) is 24.3 Å². The fraction of sp³-hybridized carbons (Fsp3) is 0.0400. The highest BCUT2D eigenvalue weighted by Crippen LogP contribution is 2.23. The molecule has 0 saturated carbocycles. The number of rotatable bonds is 7. The number of aromatic amines is 1. The van der Waals surface area contributed by atoms with Gasteiger partial charge in [-0.1, -0.05) is 60.1 Å². The standard InChI is InChI=1S/C25H17ClFN5O2/c26-20-10-6-11-21(27)19(20)15-34-22-12-5-4-9-17(22)14-29-32-25-30-23(16-7-2-1-3-8-16)18(13-28)24(33)31-25/h1-12,14H,15H2,(H2,30,31,32,33). The van der Waals surface area contributed by atoms with Crippen LogP contribution in [0.5, 0.6) is 5.75 Å². The van der Waals surface area contributed by atoms with Gasteiger partial charge in [0.15, 0.2) is 0 Å². The summed E-state index contributed by atoms with van der Waals surface area (Å²) in [7, 11) is 0. The van der Waals surface area contributed by atoms with Crippen molar-refractivity contribution in [3.05, 3.63) is 111 Å². The minimum Gasteiger partial charge on any atom is -0.488 e. The summed E-state index contributed by atoms with van der Waals surface area (Å²) in [6.07, 6.45) is 1.47. The van der Waals surface area contributed by atoms with Crippen LogP contribution >= 0.6 is 11.6 Å². The molecule has 0 fully saturated rings. The first kappa shape index (κ1) is 22.7. The van der Waals surface area contributed by atoms with E-state index in [1.165, 1.54) is 18.3 Å². The molecule has 0 aliphatic carbocycles. The van der Waals surface area contributed by atoms with Gasteiger partial charge in [-0.15, -0.1) is 0 Å². The number of benzene rings is 3. The summed E-state index contributed by atoms with van der Waals surface area (Å²) < 4.78 is 19.8. The lowest BCUT2D eigenvalue weighted by molar-refractivity contribution is 0.299. The number of ether oxygens (including phenoxy) is 1. The zero-order valence-electron chi connectivity index (χ0n) is 17.6. The second-order valence-corrected chi connectivity index (χ2v) is 7.42. The van der Waals surface area contributed by atoms with E-state index in [4.69, 9.17) is 16.3 Å². The Kier molecular flexibility index (Phi) is 6.96. The molecule has 9 heteroatoms. The number of hydrogen-bond acceptors (Lipinski definition) is 6. The first-order valence-corrected chi connectivity index (χ1v) is 10.5. The molecule has 0 saturated heterocycles. The first-order valence-electron chi connectivity index (χ1n) is 10.1. The zero-order chi connectivity index (χ0) is 23.9. The summed E-state index contributed by atoms with van der Waals surface area (Å²) in [5, 5.41) is 13.8. The molecule has 0 aliphatic rings. The van der Waals surface area contributed by atoms with Crippen molar-refractivity contribution in [3.8, 4) is 23.1 Å². The van der Waals surface area contributed by atoms with Crippen molar-refractivity contribution >= 4 is 23.8 Å². The Morgan fingerprint density at radius 3 is 2.65 bits per heavy atom. The fourth-order valence-corrected chi connectivity index (χ4v) is 3.35. The van der Waals surface area contributed by atoms with Gasteiger partial charge in [-0.25, -0.2) is 14.8 Å². The highest BCUT2D eigenvalue weighted by atomic mass is 35.5. The Morgan fingerprint density at radius 2 is 1.88 bits per heavy atom. The molecular weight excluding hydrogens is 457 g/mol. The quantitative estimate of drug-likeness (QED) is 0.286. The van der Waals surface area contributed by atoms with Crippen LogP contribution in [0.15, 0.2) is 82.7 Å². The summed E-state index contributed by atoms with van der Waals surface area (Å²) in [4.78, 5) is 19.2. The van der Waals surface area contributed by atoms with Gasteiger partial charge in [-0.3, -0.25) is 9.78 Å². The molecular formula is C25H17ClFN5O2. The molecule has 2 N–H and O–H groups in total. The van der Waals surface area contributed by atoms with Gasteiger partial charge in [-0.2, -0.15) is 10.4 Å². The van der Waals surface area contributed by atoms with Gasteiger partial charge in [0.1, 0.15) is 29.8 Å². The van der Waals surface area contributed by atoms with E-state index < -0.39 is 11.4 Å². The molecule has 0 atom stereocenters. The van der Waals surface area contributed by atoms with Crippen molar-refractivity contribution < 1.29 is 9.13 Å². The van der Waals surface area contributed by atoms with Crippen LogP contribution in [0.3, 0.4) is 0 Å². The van der Waals surface area contributed by atoms with Crippen LogP contribution < -0.4 is 15.7 Å². The topological polar surface area (TPSA) is 103 Å². The van der Waals surface area contributed by atoms with Crippen LogP contribution in [-0.4, -0.2) is 16.2 Å². The van der Waals surface area contributed by atoms with Crippen LogP contribution in [0.1, 0.15) is 16.7 Å². The van der Waals surface area contributed by atoms with Crippen LogP contribution in [0.25, 0.3) is 11.3 Å². The number of hydrogen-bond donors (Lipinski definition) is 2. The first-order chi connectivity index (χ1) is 16.6. The normalized spacial score (nSPS) is 10.7. The Labute approximate surface area is 199 Å². The van der Waals surface area contributed by atoms with Gasteiger partial charge in [0.25, 0.3) is 5.56 Å². The number of halogens is 2. The number of nitriles is 1. The van der Waals surface area contributed by atoms with E-state index in [2.05, 4.69) is 20.5 Å². The number of anilines is 1. The van der Waals surface area contributed by atoms with Crippen LogP contribution in [-0.2, 0) is 6.61 Å². The summed E-state index contributed by atoms with van der Waals surface area (Å²) >= 11 is 6.07. The molecule has 0 radical (unpaired) electrons. The van der Waals surface area contributed by atoms with E-state index in [-0.39, 0.29) is 34.4 Å². The second kappa shape index (κ2) is 10.4. The number of para-hydroxylation sites is 1. The minimum absolute atomic E-state index is 0.0608. The Balaban J connectivity index is 1.54. The van der Waals surface area contributed by atoms with Crippen molar-refractivity contribution in [2.75, 3.05) is 5.43 Å². The third kappa shape index (κ3) is 5.11. The molecule has 4 aromatic rings. The Morgan fingerprint density at radius 1 is 1.12 bits per heavy atom. The summed E-state index contributed by atoms with van der Waals surface area (Å²) in [5.41, 5.74) is 3.72. The molecule has 7 nitrogen and oxygen atoms in total. The largest absolute Gasteiger partial charge is 0.488 e. The summed E-state index contributed by atoms with van der Waals surface area (Å²) in [6, 6.07) is 22.3. The number of nitrogens with zero attached hydrogens (tertiary/aromatic N) is 3. The number of nitrogens with one attached hydrogen (secondary N) is 2. The predicted octanol–water partition coefficient (Wildman–Crippen LogP) is 5.13. The molecule has 0 spiro atoms. The average Bonchev–Trinajstić information content (AvgIpc) is 2.85. The maximum absolute atomic E-state index is 14.0. The molecule has 4 rings (SSSR count). The Bertz CT molecular complexity index is 1430. The van der Waals surface area contributed by atoms with E-state index in [0.29, 0.717) is 16.9 Å². The lowest BCUT2D eigenvalue weighted by Gasteiger charge is -2.11. The number of hydrazone groups is 1. The lowest BCUT2D eigenvalue weighted by Crippen LogP contribution is -2.16. The highest BCUT2D eigenvalue weighted by molar-refractivity contribution is 6.31. The van der Waals surface area contributed by atoms with Crippen molar-refractivity contribution in [2.24, 2.45) is 5.10 Å². The highest BCUT2D eigenvalue weighted by Gasteiger charge is 2.13. The molecule has 1 aromatic heterocycles. The smallest absolute Gasteiger partial charge is 0.270 e. The van der Waals surface area contributed by atoms with Crippen molar-refractivity contribution in [1.29, 1.82) is 5.26 Å². The third-order valence-corrected chi connectivity index (χ3v) is 5.16. The zero-order valence-corrected chi connectivity index (χ0v) is 18.4. The van der Waals surface area contributed by atoms with E-state index in [1.807, 2.05) is 12.1 Å². The van der Waals surface area contributed by atoms with E-state index in [9.17, 15) is 14.4 Å². The SMILES string of the molecule is N#Cc1c(-c2ccccc2)nc(NN=Cc2ccccc2OCc2c(F)cccc2Cl)[nH]c1=O. The van der Waals surface area contributed by atoms with Gasteiger partial charge in [0, 0.05) is 16.7 Å². The van der Waals surface area contributed by atoms with Crippen molar-refractivity contribution in [3.63, 3.8) is 0 Å². The maximum atomic E-state index is 14.0. The van der Waals surface area contributed by atoms with Gasteiger partial charge in [0.05, 0.1) is 16.9 Å². The average molecular weight is 474 g/mol. The van der Waals surface area contributed by atoms with Gasteiger partial charge in [0.2, 0.25) is 5.95 Å². The van der Waals surface area contributed by atoms with E-state index >= 15 is 0 Å². The third-order valence-electron chi connectivity index (χ3n) is 4.81. The molecule has 0 aliphatic heterocycles. The Hall–Kier alpha value is -4.48. The molecule has 0 amide bonds. The summed E-state index contributed by atoms with van der Waals surface area (Å²) in [5.74, 6) is 0.0691. The lowest BCUT2D eigenvalue weighted by atomic mass is 10.1. The van der Waals surface area contributed by atoms with Crippen molar-refractivity contribution in [2.45, 2.75) is 6.61 Å². The molecule has 168 valence electrons. The predicted molar refractivity (Wildman–Crippen MR) is 128 cm³/mol. The monoisotopic (exact) mass is 473 g/mol. The van der Waals surface area contributed by atoms with Gasteiger partial charge < -0.3 is 4.74 Å². The van der Waals surface area contributed by atoms with E-state index in [1.54, 1.807) is 54.6 Å². The summed E-state index contributed by atoms with van der Waals surface area (Å²) in [6.45, 7) is -0.0608. The van der Waals surface area contributed by atoms with Crippen LogP contribution in [0, 0.1) is 17.1 Å². The molecule has 1 heterocycles. The van der Waals surface area contributed by atoms with E-state index in [0.717, 1.165) is 0 Å². The minimum atomic E-state index is -0.584. The van der Waals surface area contributed by atoms with Crippen LogP contribution in [0.4, 0.5) is 10.3 Å². The maximum Gasteiger partial charge on any atom is 0.270 e. The second-order valence-electron chi connectivity index (χ2n) is 7.01. The van der Waals surface area contributed by atoms with Gasteiger partial charge >= 0.3 is 0 Å². The number of aromatic nitrogens is 2.